The molecule has 0 aromatic rings. The van der Waals surface area contributed by atoms with E-state index in [1.165, 1.54) is 6.92 Å². The molecule has 0 spiro atoms. The van der Waals surface area contributed by atoms with Gasteiger partial charge in [-0.15, -0.1) is 3.89 Å². The molecule has 0 radical (unpaired) electrons. The first-order valence-electron chi connectivity index (χ1n) is 11.2. The number of carbonyl (C=O) groups excluding carboxylic acids is 2. The Morgan fingerprint density at radius 1 is 1.00 bits per heavy atom. The minimum Gasteiger partial charge on any atom is -0.462 e. The van der Waals surface area contributed by atoms with Crippen LogP contribution in [0.2, 0.25) is 0 Å². The van der Waals surface area contributed by atoms with Crippen LogP contribution in [0.15, 0.2) is 10.5 Å². The zero-order valence-electron chi connectivity index (χ0n) is 18.4. The standard InChI is InChI=1S/C23H33FO5S/c1-13(25)17-5-6-18-16-12-21(30(24,27)28)20-11-15(29-14(2)26)7-9-23(20,4)19(16)8-10-22(17,18)3/h15-19H,5-12H2,1-4H3/t15-,16-,17+,18-,19-,22+,23+/m0/s1. The fraction of sp³-hybridized carbons (Fsp3) is 0.826. The summed E-state index contributed by atoms with van der Waals surface area (Å²) < 4.78 is 44.4. The lowest BCUT2D eigenvalue weighted by atomic mass is 9.47. The molecule has 30 heavy (non-hydrogen) atoms. The van der Waals surface area contributed by atoms with E-state index in [1.807, 2.05) is 0 Å². The Hall–Kier alpha value is -1.24. The molecule has 0 heterocycles. The van der Waals surface area contributed by atoms with Gasteiger partial charge in [0.25, 0.3) is 0 Å². The Kier molecular flexibility index (Phi) is 5.23. The molecule has 0 aliphatic heterocycles. The number of esters is 1. The average Bonchev–Trinajstić information content (AvgIpc) is 2.97. The summed E-state index contributed by atoms with van der Waals surface area (Å²) in [7, 11) is -4.84. The fourth-order valence-electron chi connectivity index (χ4n) is 7.97. The summed E-state index contributed by atoms with van der Waals surface area (Å²) in [6, 6.07) is 0. The van der Waals surface area contributed by atoms with Crippen LogP contribution in [-0.2, 0) is 24.5 Å². The van der Waals surface area contributed by atoms with Gasteiger partial charge in [-0.3, -0.25) is 9.59 Å². The predicted octanol–water partition coefficient (Wildman–Crippen LogP) is 4.71. The molecule has 0 saturated heterocycles. The molecule has 0 aromatic carbocycles. The molecular formula is C23H33FO5S. The molecule has 7 heteroatoms. The Bertz CT molecular complexity index is 909. The lowest BCUT2D eigenvalue weighted by molar-refractivity contribution is -0.149. The minimum atomic E-state index is -4.84. The van der Waals surface area contributed by atoms with E-state index in [1.54, 1.807) is 6.92 Å². The maximum Gasteiger partial charge on any atom is 0.328 e. The Morgan fingerprint density at radius 2 is 1.70 bits per heavy atom. The third-order valence-corrected chi connectivity index (χ3v) is 10.2. The van der Waals surface area contributed by atoms with Gasteiger partial charge in [-0.25, -0.2) is 0 Å². The van der Waals surface area contributed by atoms with Crippen LogP contribution in [0.3, 0.4) is 0 Å². The smallest absolute Gasteiger partial charge is 0.328 e. The maximum atomic E-state index is 14.6. The van der Waals surface area contributed by atoms with Gasteiger partial charge in [0.2, 0.25) is 0 Å². The normalized spacial score (nSPS) is 43.4. The van der Waals surface area contributed by atoms with E-state index in [2.05, 4.69) is 13.8 Å². The second kappa shape index (κ2) is 7.14. The van der Waals surface area contributed by atoms with Crippen molar-refractivity contribution in [2.24, 2.45) is 34.5 Å². The average molecular weight is 441 g/mol. The molecule has 4 aliphatic carbocycles. The van der Waals surface area contributed by atoms with E-state index in [0.29, 0.717) is 24.8 Å². The van der Waals surface area contributed by atoms with Crippen molar-refractivity contribution < 1.29 is 26.6 Å². The van der Waals surface area contributed by atoms with Gasteiger partial charge in [-0.05, 0) is 86.0 Å². The van der Waals surface area contributed by atoms with Crippen LogP contribution in [0.5, 0.6) is 0 Å². The third-order valence-electron chi connectivity index (χ3n) is 9.24. The number of allylic oxidation sites excluding steroid dienone is 1. The molecule has 3 saturated carbocycles. The quantitative estimate of drug-likeness (QED) is 0.469. The van der Waals surface area contributed by atoms with E-state index in [-0.39, 0.29) is 52.3 Å². The summed E-state index contributed by atoms with van der Waals surface area (Å²) in [5, 5.41) is 0. The summed E-state index contributed by atoms with van der Waals surface area (Å²) in [5.41, 5.74) is 0.124. The Balaban J connectivity index is 1.76. The van der Waals surface area contributed by atoms with Gasteiger partial charge >= 0.3 is 16.2 Å². The molecule has 4 aliphatic rings. The molecule has 3 fully saturated rings. The third kappa shape index (κ3) is 3.26. The molecule has 0 aromatic heterocycles. The number of fused-ring (bicyclic) bond motifs is 5. The van der Waals surface area contributed by atoms with Crippen molar-refractivity contribution in [1.29, 1.82) is 0 Å². The van der Waals surface area contributed by atoms with Crippen LogP contribution < -0.4 is 0 Å². The van der Waals surface area contributed by atoms with Gasteiger partial charge in [-0.1, -0.05) is 13.8 Å². The van der Waals surface area contributed by atoms with Crippen molar-refractivity contribution in [3.05, 3.63) is 10.5 Å². The van der Waals surface area contributed by atoms with E-state index in [0.717, 1.165) is 25.7 Å². The van der Waals surface area contributed by atoms with Crippen LogP contribution in [0.25, 0.3) is 0 Å². The van der Waals surface area contributed by atoms with Gasteiger partial charge in [0.1, 0.15) is 11.9 Å². The van der Waals surface area contributed by atoms with Crippen molar-refractivity contribution in [2.45, 2.75) is 85.2 Å². The van der Waals surface area contributed by atoms with Crippen molar-refractivity contribution >= 4 is 22.0 Å². The second-order valence-electron chi connectivity index (χ2n) is 10.6. The number of rotatable bonds is 3. The van der Waals surface area contributed by atoms with Gasteiger partial charge < -0.3 is 4.74 Å². The zero-order chi connectivity index (χ0) is 22.1. The summed E-state index contributed by atoms with van der Waals surface area (Å²) in [6.45, 7) is 7.29. The largest absolute Gasteiger partial charge is 0.462 e. The molecule has 0 bridgehead atoms. The minimum absolute atomic E-state index is 0.0202. The highest BCUT2D eigenvalue weighted by atomic mass is 32.3. The number of ether oxygens (including phenoxy) is 1. The second-order valence-corrected chi connectivity index (χ2v) is 12.0. The van der Waals surface area contributed by atoms with E-state index < -0.39 is 21.6 Å². The van der Waals surface area contributed by atoms with Crippen LogP contribution in [-0.4, -0.2) is 26.3 Å². The van der Waals surface area contributed by atoms with Crippen molar-refractivity contribution in [1.82, 2.24) is 0 Å². The monoisotopic (exact) mass is 440 g/mol. The van der Waals surface area contributed by atoms with Gasteiger partial charge in [-0.2, -0.15) is 8.42 Å². The summed E-state index contributed by atoms with van der Waals surface area (Å²) in [4.78, 5) is 23.7. The Labute approximate surface area is 179 Å². The maximum absolute atomic E-state index is 14.6. The Morgan fingerprint density at radius 3 is 2.30 bits per heavy atom. The highest BCUT2D eigenvalue weighted by Crippen LogP contribution is 2.67. The SMILES string of the molecule is CC(=O)O[C@H]1CC[C@@]2(C)C(=C(S(=O)(=O)F)C[C@H]3[C@@H]4CC[C@H](C(C)=O)[C@@]4(C)CC[C@@H]32)C1. The number of carbonyl (C=O) groups is 2. The topological polar surface area (TPSA) is 77.5 Å². The fourth-order valence-corrected chi connectivity index (χ4v) is 8.97. The summed E-state index contributed by atoms with van der Waals surface area (Å²) in [5.74, 6) is 0.445. The first kappa shape index (κ1) is 22.0. The lowest BCUT2D eigenvalue weighted by Crippen LogP contribution is -2.52. The van der Waals surface area contributed by atoms with Gasteiger partial charge in [0.15, 0.2) is 0 Å². The number of ketones is 1. The molecular weight excluding hydrogens is 407 g/mol. The van der Waals surface area contributed by atoms with Crippen LogP contribution in [0.4, 0.5) is 3.89 Å². The number of halogens is 1. The summed E-state index contributed by atoms with van der Waals surface area (Å²) in [6.07, 6.45) is 5.13. The molecule has 168 valence electrons. The number of hydrogen-bond donors (Lipinski definition) is 0. The van der Waals surface area contributed by atoms with E-state index >= 15 is 0 Å². The van der Waals surface area contributed by atoms with Crippen LogP contribution in [0, 0.1) is 34.5 Å². The zero-order valence-corrected chi connectivity index (χ0v) is 19.2. The highest BCUT2D eigenvalue weighted by Gasteiger charge is 2.61. The highest BCUT2D eigenvalue weighted by molar-refractivity contribution is 7.90. The molecule has 0 unspecified atom stereocenters. The number of Topliss-reactive ketones (excluding diaryl/α,β-unsaturated/α-hetero) is 1. The molecule has 0 amide bonds. The van der Waals surface area contributed by atoms with Crippen molar-refractivity contribution in [3.63, 3.8) is 0 Å². The molecule has 7 atom stereocenters. The van der Waals surface area contributed by atoms with Crippen LogP contribution >= 0.6 is 0 Å². The van der Waals surface area contributed by atoms with Crippen LogP contribution in [0.1, 0.15) is 79.1 Å². The van der Waals surface area contributed by atoms with E-state index in [4.69, 9.17) is 4.74 Å². The molecule has 5 nitrogen and oxygen atoms in total. The first-order chi connectivity index (χ1) is 13.9. The first-order valence-corrected chi connectivity index (χ1v) is 12.6. The van der Waals surface area contributed by atoms with Gasteiger partial charge in [0, 0.05) is 19.3 Å². The number of hydrogen-bond acceptors (Lipinski definition) is 5. The summed E-state index contributed by atoms with van der Waals surface area (Å²) >= 11 is 0. The molecule has 0 N–H and O–H groups in total. The van der Waals surface area contributed by atoms with Gasteiger partial charge in [0.05, 0.1) is 4.91 Å². The van der Waals surface area contributed by atoms with Crippen molar-refractivity contribution in [3.8, 4) is 0 Å². The lowest BCUT2D eigenvalue weighted by Gasteiger charge is -2.58. The molecule has 4 rings (SSSR count). The van der Waals surface area contributed by atoms with E-state index in [9.17, 15) is 21.9 Å². The van der Waals surface area contributed by atoms with Crippen molar-refractivity contribution in [2.75, 3.05) is 0 Å². The predicted molar refractivity (Wildman–Crippen MR) is 110 cm³/mol.